The highest BCUT2D eigenvalue weighted by Gasteiger charge is 2.67. The van der Waals surface area contributed by atoms with E-state index in [9.17, 15) is 9.59 Å². The van der Waals surface area contributed by atoms with Gasteiger partial charge < -0.3 is 10.6 Å². The molecule has 0 aliphatic heterocycles. The van der Waals surface area contributed by atoms with Crippen LogP contribution in [0.3, 0.4) is 0 Å². The van der Waals surface area contributed by atoms with Crippen LogP contribution >= 0.6 is 23.2 Å². The lowest BCUT2D eigenvalue weighted by atomic mass is 10.1. The number of benzene rings is 1. The van der Waals surface area contributed by atoms with Crippen LogP contribution in [0.5, 0.6) is 0 Å². The third-order valence-corrected chi connectivity index (χ3v) is 4.67. The normalized spacial score (nSPS) is 23.1. The molecule has 4 nitrogen and oxygen atoms in total. The summed E-state index contributed by atoms with van der Waals surface area (Å²) < 4.78 is -0.998. The molecule has 1 aliphatic carbocycles. The number of carbonyl (C=O) groups excluding carboxylic acids is 2. The molecular formula is C14H16Cl2N2O2. The standard InChI is InChI=1S/C14H16Cl2N2O2/c1-8-4-5-10(6-11(8)17-9(2)19)18-12(20)13(3)7-14(13,15)16/h4-6H,7H2,1-3H3,(H,17,19)(H,18,20)/t13-/m1/s1. The number of hydrogen-bond donors (Lipinski definition) is 2. The second-order valence-electron chi connectivity index (χ2n) is 5.38. The van der Waals surface area contributed by atoms with Crippen molar-refractivity contribution in [3.63, 3.8) is 0 Å². The number of hydrogen-bond acceptors (Lipinski definition) is 2. The number of carbonyl (C=O) groups is 2. The SMILES string of the molecule is CC(=O)Nc1cc(NC(=O)[C@@]2(C)CC2(Cl)Cl)ccc1C. The summed E-state index contributed by atoms with van der Waals surface area (Å²) in [5, 5.41) is 5.50. The Morgan fingerprint density at radius 2 is 1.85 bits per heavy atom. The Kier molecular flexibility index (Phi) is 3.73. The van der Waals surface area contributed by atoms with Crippen molar-refractivity contribution in [2.45, 2.75) is 31.5 Å². The van der Waals surface area contributed by atoms with Gasteiger partial charge >= 0.3 is 0 Å². The molecule has 1 aromatic carbocycles. The van der Waals surface area contributed by atoms with Crippen LogP contribution in [0.1, 0.15) is 25.8 Å². The summed E-state index contributed by atoms with van der Waals surface area (Å²) in [6.45, 7) is 5.04. The molecule has 1 aliphatic rings. The van der Waals surface area contributed by atoms with Crippen molar-refractivity contribution in [3.05, 3.63) is 23.8 Å². The summed E-state index contributed by atoms with van der Waals surface area (Å²) in [6.07, 6.45) is 0.430. The van der Waals surface area contributed by atoms with Gasteiger partial charge in [-0.05, 0) is 38.0 Å². The maximum absolute atomic E-state index is 12.2. The lowest BCUT2D eigenvalue weighted by Crippen LogP contribution is -2.26. The van der Waals surface area contributed by atoms with E-state index in [-0.39, 0.29) is 11.8 Å². The first-order valence-corrected chi connectivity index (χ1v) is 6.99. The van der Waals surface area contributed by atoms with Gasteiger partial charge in [-0.2, -0.15) is 0 Å². The molecule has 2 amide bonds. The Hall–Kier alpha value is -1.26. The summed E-state index contributed by atoms with van der Waals surface area (Å²) in [5.41, 5.74) is 1.41. The smallest absolute Gasteiger partial charge is 0.233 e. The molecule has 20 heavy (non-hydrogen) atoms. The van der Waals surface area contributed by atoms with Crippen molar-refractivity contribution < 1.29 is 9.59 Å². The van der Waals surface area contributed by atoms with Gasteiger partial charge in [-0.1, -0.05) is 6.07 Å². The summed E-state index contributed by atoms with van der Waals surface area (Å²) in [6, 6.07) is 5.31. The van der Waals surface area contributed by atoms with Crippen molar-refractivity contribution >= 4 is 46.4 Å². The molecule has 0 radical (unpaired) electrons. The van der Waals surface area contributed by atoms with Gasteiger partial charge in [0.15, 0.2) is 0 Å². The molecule has 1 saturated carbocycles. The number of anilines is 2. The van der Waals surface area contributed by atoms with E-state index in [0.717, 1.165) is 5.56 Å². The number of amides is 2. The molecule has 1 fully saturated rings. The Balaban J connectivity index is 2.15. The minimum atomic E-state index is -0.998. The van der Waals surface area contributed by atoms with Crippen molar-refractivity contribution in [1.29, 1.82) is 0 Å². The van der Waals surface area contributed by atoms with Crippen molar-refractivity contribution in [1.82, 2.24) is 0 Å². The van der Waals surface area contributed by atoms with Gasteiger partial charge in [-0.15, -0.1) is 23.2 Å². The van der Waals surface area contributed by atoms with Gasteiger partial charge in [-0.3, -0.25) is 9.59 Å². The molecule has 0 heterocycles. The van der Waals surface area contributed by atoms with E-state index < -0.39 is 9.75 Å². The Labute approximate surface area is 127 Å². The molecule has 0 aromatic heterocycles. The maximum atomic E-state index is 12.2. The van der Waals surface area contributed by atoms with Crippen LogP contribution in [-0.2, 0) is 9.59 Å². The summed E-state index contributed by atoms with van der Waals surface area (Å²) in [7, 11) is 0. The fourth-order valence-electron chi connectivity index (χ4n) is 1.94. The van der Waals surface area contributed by atoms with Crippen LogP contribution in [0.25, 0.3) is 0 Å². The second-order valence-corrected chi connectivity index (χ2v) is 6.86. The molecule has 2 N–H and O–H groups in total. The van der Waals surface area contributed by atoms with Gasteiger partial charge in [-0.25, -0.2) is 0 Å². The van der Waals surface area contributed by atoms with Gasteiger partial charge in [0.25, 0.3) is 0 Å². The summed E-state index contributed by atoms with van der Waals surface area (Å²) in [5.74, 6) is -0.383. The molecule has 0 unspecified atom stereocenters. The van der Waals surface area contributed by atoms with Crippen LogP contribution in [0.4, 0.5) is 11.4 Å². The fraction of sp³-hybridized carbons (Fsp3) is 0.429. The second kappa shape index (κ2) is 4.93. The number of halogens is 2. The van der Waals surface area contributed by atoms with E-state index >= 15 is 0 Å². The Morgan fingerprint density at radius 1 is 1.25 bits per heavy atom. The minimum Gasteiger partial charge on any atom is -0.326 e. The molecular weight excluding hydrogens is 299 g/mol. The zero-order valence-corrected chi connectivity index (χ0v) is 13.0. The van der Waals surface area contributed by atoms with Crippen LogP contribution in [-0.4, -0.2) is 16.1 Å². The molecule has 1 aromatic rings. The summed E-state index contributed by atoms with van der Waals surface area (Å²) >= 11 is 12.0. The predicted molar refractivity (Wildman–Crippen MR) is 81.3 cm³/mol. The Morgan fingerprint density at radius 3 is 2.35 bits per heavy atom. The zero-order valence-electron chi connectivity index (χ0n) is 11.5. The molecule has 0 bridgehead atoms. The fourth-order valence-corrected chi connectivity index (χ4v) is 2.65. The van der Waals surface area contributed by atoms with E-state index in [1.807, 2.05) is 13.0 Å². The van der Waals surface area contributed by atoms with Crippen LogP contribution in [0.2, 0.25) is 0 Å². The highest BCUT2D eigenvalue weighted by Crippen LogP contribution is 2.64. The first kappa shape index (κ1) is 15.1. The third-order valence-electron chi connectivity index (χ3n) is 3.57. The van der Waals surface area contributed by atoms with Crippen LogP contribution < -0.4 is 10.6 Å². The lowest BCUT2D eigenvalue weighted by molar-refractivity contribution is -0.120. The average molecular weight is 315 g/mol. The topological polar surface area (TPSA) is 58.2 Å². The highest BCUT2D eigenvalue weighted by atomic mass is 35.5. The highest BCUT2D eigenvalue weighted by molar-refractivity contribution is 6.53. The van der Waals surface area contributed by atoms with Crippen LogP contribution in [0, 0.1) is 12.3 Å². The number of nitrogens with one attached hydrogen (secondary N) is 2. The van der Waals surface area contributed by atoms with E-state index in [1.165, 1.54) is 6.92 Å². The number of aryl methyl sites for hydroxylation is 1. The number of alkyl halides is 2. The van der Waals surface area contributed by atoms with E-state index in [1.54, 1.807) is 19.1 Å². The van der Waals surface area contributed by atoms with Gasteiger partial charge in [0, 0.05) is 18.3 Å². The minimum absolute atomic E-state index is 0.161. The molecule has 108 valence electrons. The van der Waals surface area contributed by atoms with Crippen LogP contribution in [0.15, 0.2) is 18.2 Å². The van der Waals surface area contributed by atoms with E-state index in [4.69, 9.17) is 23.2 Å². The Bertz CT molecular complexity index is 587. The van der Waals surface area contributed by atoms with Gasteiger partial charge in [0.2, 0.25) is 11.8 Å². The summed E-state index contributed by atoms with van der Waals surface area (Å²) in [4.78, 5) is 23.3. The van der Waals surface area contributed by atoms with Gasteiger partial charge in [0.1, 0.15) is 4.33 Å². The monoisotopic (exact) mass is 314 g/mol. The molecule has 6 heteroatoms. The van der Waals surface area contributed by atoms with Crippen molar-refractivity contribution in [2.24, 2.45) is 5.41 Å². The van der Waals surface area contributed by atoms with Gasteiger partial charge in [0.05, 0.1) is 5.41 Å². The third kappa shape index (κ3) is 2.76. The maximum Gasteiger partial charge on any atom is 0.233 e. The number of rotatable bonds is 3. The first-order valence-electron chi connectivity index (χ1n) is 6.23. The quantitative estimate of drug-likeness (QED) is 0.839. The molecule has 0 spiro atoms. The molecule has 1 atom stereocenters. The molecule has 0 saturated heterocycles. The largest absolute Gasteiger partial charge is 0.326 e. The van der Waals surface area contributed by atoms with E-state index in [2.05, 4.69) is 10.6 Å². The van der Waals surface area contributed by atoms with Crippen molar-refractivity contribution in [2.75, 3.05) is 10.6 Å². The first-order chi connectivity index (χ1) is 9.15. The average Bonchev–Trinajstić information content (AvgIpc) is 2.83. The predicted octanol–water partition coefficient (Wildman–Crippen LogP) is 3.48. The molecule has 2 rings (SSSR count). The zero-order chi connectivity index (χ0) is 15.1. The van der Waals surface area contributed by atoms with E-state index in [0.29, 0.717) is 17.8 Å². The lowest BCUT2D eigenvalue weighted by Gasteiger charge is -2.14. The van der Waals surface area contributed by atoms with Crippen molar-refractivity contribution in [3.8, 4) is 0 Å².